The molecule has 1 aromatic carbocycles. The minimum atomic E-state index is -1.24. The molecule has 1 rings (SSSR count). The smallest absolute Gasteiger partial charge is 0.220 e. The fraction of sp³-hybridized carbons (Fsp3) is 0.364. The fourth-order valence-electron chi connectivity index (χ4n) is 1.41. The predicted molar refractivity (Wildman–Crippen MR) is 61.0 cm³/mol. The first kappa shape index (κ1) is 13.0. The number of benzene rings is 1. The molecule has 0 saturated carbocycles. The first-order chi connectivity index (χ1) is 7.41. The zero-order chi connectivity index (χ0) is 12.3. The third kappa shape index (κ3) is 3.20. The van der Waals surface area contributed by atoms with Gasteiger partial charge in [0.25, 0.3) is 0 Å². The molecule has 5 heteroatoms. The van der Waals surface area contributed by atoms with Crippen LogP contribution in [0.1, 0.15) is 23.7 Å². The Morgan fingerprint density at radius 2 is 2.12 bits per heavy atom. The number of carbonyl (C=O) groups is 1. The van der Waals surface area contributed by atoms with E-state index in [4.69, 9.17) is 17.3 Å². The monoisotopic (exact) mass is 243 g/mol. The van der Waals surface area contributed by atoms with Crippen molar-refractivity contribution in [2.45, 2.75) is 25.6 Å². The average molecular weight is 244 g/mol. The van der Waals surface area contributed by atoms with E-state index in [0.717, 1.165) is 5.56 Å². The highest BCUT2D eigenvalue weighted by Gasteiger charge is 2.22. The molecule has 0 spiro atoms. The van der Waals surface area contributed by atoms with Crippen molar-refractivity contribution in [1.29, 1.82) is 0 Å². The Morgan fingerprint density at radius 3 is 2.69 bits per heavy atom. The molecule has 0 saturated heterocycles. The first-order valence-electron chi connectivity index (χ1n) is 4.82. The van der Waals surface area contributed by atoms with Crippen LogP contribution in [0.2, 0.25) is 5.02 Å². The van der Waals surface area contributed by atoms with Gasteiger partial charge in [0.1, 0.15) is 6.10 Å². The van der Waals surface area contributed by atoms with E-state index < -0.39 is 18.1 Å². The number of hydrogen-bond donors (Lipinski definition) is 3. The van der Waals surface area contributed by atoms with E-state index in [1.807, 2.05) is 6.92 Å². The van der Waals surface area contributed by atoms with Crippen molar-refractivity contribution < 1.29 is 15.0 Å². The normalized spacial score (nSPS) is 14.5. The van der Waals surface area contributed by atoms with Gasteiger partial charge >= 0.3 is 0 Å². The summed E-state index contributed by atoms with van der Waals surface area (Å²) in [5.74, 6) is -0.671. The summed E-state index contributed by atoms with van der Waals surface area (Å²) in [6, 6.07) is 5.09. The fourth-order valence-corrected chi connectivity index (χ4v) is 1.64. The molecule has 4 N–H and O–H groups in total. The average Bonchev–Trinajstić information content (AvgIpc) is 2.19. The summed E-state index contributed by atoms with van der Waals surface area (Å²) in [5, 5.41) is 19.7. The standard InChI is InChI=1S/C11H14ClNO3/c1-6-2-3-8(12)7(4-6)11(16)9(14)5-10(13)15/h2-4,9,11,14,16H,5H2,1H3,(H2,13,15). The van der Waals surface area contributed by atoms with Crippen molar-refractivity contribution in [3.8, 4) is 0 Å². The highest BCUT2D eigenvalue weighted by Crippen LogP contribution is 2.27. The topological polar surface area (TPSA) is 83.6 Å². The molecule has 0 aromatic heterocycles. The number of rotatable bonds is 4. The van der Waals surface area contributed by atoms with Crippen LogP contribution < -0.4 is 5.73 Å². The molecule has 2 unspecified atom stereocenters. The van der Waals surface area contributed by atoms with Gasteiger partial charge in [0.15, 0.2) is 0 Å². The molecule has 0 bridgehead atoms. The maximum atomic E-state index is 10.6. The van der Waals surface area contributed by atoms with Crippen molar-refractivity contribution in [3.05, 3.63) is 34.3 Å². The summed E-state index contributed by atoms with van der Waals surface area (Å²) < 4.78 is 0. The minimum Gasteiger partial charge on any atom is -0.390 e. The van der Waals surface area contributed by atoms with E-state index in [0.29, 0.717) is 10.6 Å². The van der Waals surface area contributed by atoms with Gasteiger partial charge in [-0.1, -0.05) is 29.3 Å². The lowest BCUT2D eigenvalue weighted by atomic mass is 10.0. The SMILES string of the molecule is Cc1ccc(Cl)c(C(O)C(O)CC(N)=O)c1. The van der Waals surface area contributed by atoms with Crippen LogP contribution in [0.15, 0.2) is 18.2 Å². The molecule has 0 aliphatic rings. The van der Waals surface area contributed by atoms with E-state index >= 15 is 0 Å². The molecule has 1 aromatic rings. The van der Waals surface area contributed by atoms with Crippen molar-refractivity contribution in [2.75, 3.05) is 0 Å². The molecule has 16 heavy (non-hydrogen) atoms. The summed E-state index contributed by atoms with van der Waals surface area (Å²) in [7, 11) is 0. The predicted octanol–water partition coefficient (Wildman–Crippen LogP) is 0.918. The van der Waals surface area contributed by atoms with Gasteiger partial charge in [0.05, 0.1) is 12.5 Å². The summed E-state index contributed by atoms with van der Waals surface area (Å²) in [6.45, 7) is 1.84. The number of aliphatic hydroxyl groups is 2. The van der Waals surface area contributed by atoms with Crippen molar-refractivity contribution in [2.24, 2.45) is 5.73 Å². The van der Waals surface area contributed by atoms with E-state index in [9.17, 15) is 15.0 Å². The van der Waals surface area contributed by atoms with Crippen LogP contribution in [0.25, 0.3) is 0 Å². The Morgan fingerprint density at radius 1 is 1.50 bits per heavy atom. The Hall–Kier alpha value is -1.10. The maximum Gasteiger partial charge on any atom is 0.220 e. The summed E-state index contributed by atoms with van der Waals surface area (Å²) in [5.41, 5.74) is 6.24. The highest BCUT2D eigenvalue weighted by molar-refractivity contribution is 6.31. The van der Waals surface area contributed by atoms with E-state index in [1.54, 1.807) is 18.2 Å². The number of primary amides is 1. The number of halogens is 1. The number of amides is 1. The van der Waals surface area contributed by atoms with E-state index in [-0.39, 0.29) is 6.42 Å². The van der Waals surface area contributed by atoms with Crippen molar-refractivity contribution >= 4 is 17.5 Å². The number of nitrogens with two attached hydrogens (primary N) is 1. The lowest BCUT2D eigenvalue weighted by Gasteiger charge is -2.18. The lowest BCUT2D eigenvalue weighted by molar-refractivity contribution is -0.121. The largest absolute Gasteiger partial charge is 0.390 e. The van der Waals surface area contributed by atoms with Gasteiger partial charge in [-0.25, -0.2) is 0 Å². The van der Waals surface area contributed by atoms with Gasteiger partial charge < -0.3 is 15.9 Å². The third-order valence-corrected chi connectivity index (χ3v) is 2.59. The molecule has 0 heterocycles. The Bertz CT molecular complexity index is 395. The second-order valence-corrected chi connectivity index (χ2v) is 4.11. The van der Waals surface area contributed by atoms with Crippen LogP contribution in [0.4, 0.5) is 0 Å². The molecule has 2 atom stereocenters. The number of aryl methyl sites for hydroxylation is 1. The number of carbonyl (C=O) groups excluding carboxylic acids is 1. The van der Waals surface area contributed by atoms with Crippen LogP contribution in [0.5, 0.6) is 0 Å². The third-order valence-electron chi connectivity index (χ3n) is 2.24. The molecule has 4 nitrogen and oxygen atoms in total. The maximum absolute atomic E-state index is 10.6. The van der Waals surface area contributed by atoms with Crippen molar-refractivity contribution in [1.82, 2.24) is 0 Å². The molecule has 88 valence electrons. The second kappa shape index (κ2) is 5.30. The van der Waals surface area contributed by atoms with Gasteiger partial charge in [-0.3, -0.25) is 4.79 Å². The van der Waals surface area contributed by atoms with Crippen LogP contribution >= 0.6 is 11.6 Å². The van der Waals surface area contributed by atoms with Gasteiger partial charge in [-0.2, -0.15) is 0 Å². The molecule has 0 aliphatic heterocycles. The quantitative estimate of drug-likeness (QED) is 0.735. The van der Waals surface area contributed by atoms with E-state index in [1.165, 1.54) is 0 Å². The molecule has 0 radical (unpaired) electrons. The summed E-state index contributed by atoms with van der Waals surface area (Å²) in [4.78, 5) is 10.6. The van der Waals surface area contributed by atoms with Crippen LogP contribution in [-0.4, -0.2) is 22.2 Å². The highest BCUT2D eigenvalue weighted by atomic mass is 35.5. The summed E-state index contributed by atoms with van der Waals surface area (Å²) in [6.07, 6.45) is -2.75. The molecule has 1 amide bonds. The minimum absolute atomic E-state index is 0.300. The first-order valence-corrected chi connectivity index (χ1v) is 5.20. The molecule has 0 aliphatic carbocycles. The van der Waals surface area contributed by atoms with Crippen LogP contribution in [0.3, 0.4) is 0 Å². The Kier molecular flexibility index (Phi) is 4.29. The Labute approximate surface area is 98.6 Å². The van der Waals surface area contributed by atoms with Gasteiger partial charge in [0.2, 0.25) is 5.91 Å². The van der Waals surface area contributed by atoms with Crippen LogP contribution in [0, 0.1) is 6.92 Å². The number of hydrogen-bond acceptors (Lipinski definition) is 3. The molecule has 0 fully saturated rings. The summed E-state index contributed by atoms with van der Waals surface area (Å²) >= 11 is 5.88. The van der Waals surface area contributed by atoms with Gasteiger partial charge in [0, 0.05) is 10.6 Å². The zero-order valence-corrected chi connectivity index (χ0v) is 9.61. The lowest BCUT2D eigenvalue weighted by Crippen LogP contribution is -2.25. The zero-order valence-electron chi connectivity index (χ0n) is 8.85. The molecular weight excluding hydrogens is 230 g/mol. The second-order valence-electron chi connectivity index (χ2n) is 3.71. The van der Waals surface area contributed by atoms with Crippen LogP contribution in [-0.2, 0) is 4.79 Å². The molecular formula is C11H14ClNO3. The van der Waals surface area contributed by atoms with E-state index in [2.05, 4.69) is 0 Å². The van der Waals surface area contributed by atoms with Gasteiger partial charge in [-0.05, 0) is 13.0 Å². The number of aliphatic hydroxyl groups excluding tert-OH is 2. The Balaban J connectivity index is 2.90. The van der Waals surface area contributed by atoms with Gasteiger partial charge in [-0.15, -0.1) is 0 Å². The van der Waals surface area contributed by atoms with Crippen molar-refractivity contribution in [3.63, 3.8) is 0 Å².